The third kappa shape index (κ3) is 6.49. The van der Waals surface area contributed by atoms with Crippen molar-refractivity contribution in [3.05, 3.63) is 34.9 Å². The van der Waals surface area contributed by atoms with Crippen LogP contribution < -0.4 is 10.6 Å². The van der Waals surface area contributed by atoms with E-state index in [1.807, 2.05) is 24.3 Å². The Labute approximate surface area is 114 Å². The summed E-state index contributed by atoms with van der Waals surface area (Å²) in [6, 6.07) is 7.75. The molecule has 0 saturated heterocycles. The van der Waals surface area contributed by atoms with Crippen LogP contribution in [0.4, 0.5) is 0 Å². The molecule has 0 aliphatic carbocycles. The van der Waals surface area contributed by atoms with Gasteiger partial charge in [0.15, 0.2) is 5.11 Å². The van der Waals surface area contributed by atoms with Crippen LogP contribution in [0, 0.1) is 5.92 Å². The van der Waals surface area contributed by atoms with E-state index in [2.05, 4.69) is 24.5 Å². The van der Waals surface area contributed by atoms with Gasteiger partial charge in [0.1, 0.15) is 0 Å². The molecule has 17 heavy (non-hydrogen) atoms. The van der Waals surface area contributed by atoms with Crippen molar-refractivity contribution in [3.63, 3.8) is 0 Å². The normalized spacial score (nSPS) is 10.4. The highest BCUT2D eigenvalue weighted by molar-refractivity contribution is 7.80. The van der Waals surface area contributed by atoms with Gasteiger partial charge < -0.3 is 10.6 Å². The van der Waals surface area contributed by atoms with Gasteiger partial charge in [0, 0.05) is 18.1 Å². The second-order valence-electron chi connectivity index (χ2n) is 4.42. The van der Waals surface area contributed by atoms with Crippen LogP contribution in [0.1, 0.15) is 25.8 Å². The highest BCUT2D eigenvalue weighted by Crippen LogP contribution is 2.08. The van der Waals surface area contributed by atoms with Crippen LogP contribution in [0.2, 0.25) is 5.02 Å². The molecule has 0 amide bonds. The number of nitrogens with one attached hydrogen (secondary N) is 2. The molecule has 4 heteroatoms. The molecular formula is C13H19ClN2S. The molecule has 0 heterocycles. The lowest BCUT2D eigenvalue weighted by atomic mass is 10.1. The Morgan fingerprint density at radius 3 is 2.47 bits per heavy atom. The van der Waals surface area contributed by atoms with Crippen LogP contribution in [0.15, 0.2) is 24.3 Å². The van der Waals surface area contributed by atoms with E-state index in [1.54, 1.807) is 0 Å². The van der Waals surface area contributed by atoms with E-state index in [0.29, 0.717) is 11.0 Å². The monoisotopic (exact) mass is 270 g/mol. The molecule has 0 aromatic heterocycles. The minimum atomic E-state index is 0.696. The first-order valence-electron chi connectivity index (χ1n) is 5.84. The summed E-state index contributed by atoms with van der Waals surface area (Å²) >= 11 is 11.0. The van der Waals surface area contributed by atoms with Crippen molar-refractivity contribution >= 4 is 28.9 Å². The van der Waals surface area contributed by atoms with Crippen molar-refractivity contribution in [2.45, 2.75) is 26.8 Å². The Kier molecular flexibility index (Phi) is 6.30. The maximum atomic E-state index is 5.81. The van der Waals surface area contributed by atoms with Crippen LogP contribution in [-0.4, -0.2) is 11.7 Å². The minimum absolute atomic E-state index is 0.696. The Morgan fingerprint density at radius 1 is 1.24 bits per heavy atom. The fourth-order valence-electron chi connectivity index (χ4n) is 1.32. The van der Waals surface area contributed by atoms with Crippen LogP contribution in [0.3, 0.4) is 0 Å². The summed E-state index contributed by atoms with van der Waals surface area (Å²) < 4.78 is 0. The van der Waals surface area contributed by atoms with E-state index >= 15 is 0 Å². The van der Waals surface area contributed by atoms with Gasteiger partial charge in [0.25, 0.3) is 0 Å². The Hall–Kier alpha value is -0.800. The van der Waals surface area contributed by atoms with Gasteiger partial charge >= 0.3 is 0 Å². The zero-order valence-corrected chi connectivity index (χ0v) is 11.9. The second-order valence-corrected chi connectivity index (χ2v) is 5.26. The molecule has 0 fully saturated rings. The fraction of sp³-hybridized carbons (Fsp3) is 0.462. The number of rotatable bonds is 5. The van der Waals surface area contributed by atoms with Crippen LogP contribution >= 0.6 is 23.8 Å². The molecule has 1 aromatic carbocycles. The van der Waals surface area contributed by atoms with Crippen molar-refractivity contribution in [3.8, 4) is 0 Å². The molecule has 2 nitrogen and oxygen atoms in total. The van der Waals surface area contributed by atoms with Gasteiger partial charge in [-0.15, -0.1) is 0 Å². The quantitative estimate of drug-likeness (QED) is 0.803. The van der Waals surface area contributed by atoms with E-state index in [4.69, 9.17) is 23.8 Å². The summed E-state index contributed by atoms with van der Waals surface area (Å²) in [4.78, 5) is 0. The molecule has 0 bridgehead atoms. The average molecular weight is 271 g/mol. The van der Waals surface area contributed by atoms with E-state index in [0.717, 1.165) is 24.5 Å². The number of thiocarbonyl (C=S) groups is 1. The van der Waals surface area contributed by atoms with Crippen LogP contribution in [0.25, 0.3) is 0 Å². The molecule has 1 aromatic rings. The first-order valence-corrected chi connectivity index (χ1v) is 6.62. The standard InChI is InChI=1S/C13H19ClN2S/c1-10(2)7-8-15-13(17)16-9-11-3-5-12(14)6-4-11/h3-6,10H,7-9H2,1-2H3,(H2,15,16,17). The summed E-state index contributed by atoms with van der Waals surface area (Å²) in [5.41, 5.74) is 1.17. The van der Waals surface area contributed by atoms with Crippen molar-refractivity contribution in [2.24, 2.45) is 5.92 Å². The maximum absolute atomic E-state index is 5.81. The molecule has 0 atom stereocenters. The van der Waals surface area contributed by atoms with E-state index in [-0.39, 0.29) is 0 Å². The molecule has 0 radical (unpaired) electrons. The van der Waals surface area contributed by atoms with E-state index in [1.165, 1.54) is 5.56 Å². The molecule has 0 saturated carbocycles. The van der Waals surface area contributed by atoms with Gasteiger partial charge in [-0.3, -0.25) is 0 Å². The second kappa shape index (κ2) is 7.51. The number of hydrogen-bond donors (Lipinski definition) is 2. The zero-order chi connectivity index (χ0) is 12.7. The van der Waals surface area contributed by atoms with Crippen LogP contribution in [-0.2, 0) is 6.54 Å². The highest BCUT2D eigenvalue weighted by atomic mass is 35.5. The van der Waals surface area contributed by atoms with E-state index < -0.39 is 0 Å². The van der Waals surface area contributed by atoms with Gasteiger partial charge in [-0.1, -0.05) is 37.6 Å². The first kappa shape index (κ1) is 14.3. The molecule has 0 unspecified atom stereocenters. The number of halogens is 1. The summed E-state index contributed by atoms with van der Waals surface area (Å²) in [5.74, 6) is 0.696. The molecule has 0 aliphatic heterocycles. The Bertz CT molecular complexity index is 349. The van der Waals surface area contributed by atoms with Gasteiger partial charge in [-0.25, -0.2) is 0 Å². The van der Waals surface area contributed by atoms with E-state index in [9.17, 15) is 0 Å². The predicted octanol–water partition coefficient (Wildman–Crippen LogP) is 3.35. The molecule has 2 N–H and O–H groups in total. The third-order valence-corrected chi connectivity index (χ3v) is 2.91. The summed E-state index contributed by atoms with van der Waals surface area (Å²) in [7, 11) is 0. The molecule has 0 aliphatic rings. The molecule has 94 valence electrons. The smallest absolute Gasteiger partial charge is 0.166 e. The van der Waals surface area contributed by atoms with Crippen molar-refractivity contribution in [1.29, 1.82) is 0 Å². The average Bonchev–Trinajstić information content (AvgIpc) is 2.28. The largest absolute Gasteiger partial charge is 0.363 e. The number of benzene rings is 1. The third-order valence-electron chi connectivity index (χ3n) is 2.37. The molecule has 1 rings (SSSR count). The van der Waals surface area contributed by atoms with Gasteiger partial charge in [0.2, 0.25) is 0 Å². The zero-order valence-electron chi connectivity index (χ0n) is 10.3. The lowest BCUT2D eigenvalue weighted by Gasteiger charge is -2.11. The maximum Gasteiger partial charge on any atom is 0.166 e. The number of hydrogen-bond acceptors (Lipinski definition) is 1. The SMILES string of the molecule is CC(C)CCNC(=S)NCc1ccc(Cl)cc1. The van der Waals surface area contributed by atoms with Gasteiger partial charge in [0.05, 0.1) is 0 Å². The Balaban J connectivity index is 2.21. The van der Waals surface area contributed by atoms with Crippen molar-refractivity contribution in [1.82, 2.24) is 10.6 Å². The minimum Gasteiger partial charge on any atom is -0.363 e. The summed E-state index contributed by atoms with van der Waals surface area (Å²) in [5, 5.41) is 7.82. The van der Waals surface area contributed by atoms with Crippen molar-refractivity contribution in [2.75, 3.05) is 6.54 Å². The topological polar surface area (TPSA) is 24.1 Å². The van der Waals surface area contributed by atoms with Crippen LogP contribution in [0.5, 0.6) is 0 Å². The van der Waals surface area contributed by atoms with Gasteiger partial charge in [-0.05, 0) is 42.3 Å². The predicted molar refractivity (Wildman–Crippen MR) is 78.3 cm³/mol. The highest BCUT2D eigenvalue weighted by Gasteiger charge is 1.98. The molecule has 0 spiro atoms. The molecular weight excluding hydrogens is 252 g/mol. The fourth-order valence-corrected chi connectivity index (χ4v) is 1.62. The summed E-state index contributed by atoms with van der Waals surface area (Å²) in [6.45, 7) is 6.05. The van der Waals surface area contributed by atoms with Gasteiger partial charge in [-0.2, -0.15) is 0 Å². The first-order chi connectivity index (χ1) is 8.08. The Morgan fingerprint density at radius 2 is 1.88 bits per heavy atom. The summed E-state index contributed by atoms with van der Waals surface area (Å²) in [6.07, 6.45) is 1.13. The lowest BCUT2D eigenvalue weighted by molar-refractivity contribution is 0.576. The lowest BCUT2D eigenvalue weighted by Crippen LogP contribution is -2.35. The van der Waals surface area contributed by atoms with Crippen molar-refractivity contribution < 1.29 is 0 Å².